The minimum absolute atomic E-state index is 0. The van der Waals surface area contributed by atoms with Crippen LogP contribution in [0.15, 0.2) is 30.3 Å². The van der Waals surface area contributed by atoms with Gasteiger partial charge in [-0.3, -0.25) is 9.80 Å². The highest BCUT2D eigenvalue weighted by Crippen LogP contribution is 2.27. The molecule has 2 saturated heterocycles. The number of likely N-dealkylation sites (tertiary alicyclic amines) is 1. The third kappa shape index (κ3) is 4.95. The summed E-state index contributed by atoms with van der Waals surface area (Å²) in [5.74, 6) is 0.900. The highest BCUT2D eigenvalue weighted by molar-refractivity contribution is 5.85. The van der Waals surface area contributed by atoms with Gasteiger partial charge in [0, 0.05) is 31.7 Å². The molecule has 0 aliphatic carbocycles. The van der Waals surface area contributed by atoms with E-state index < -0.39 is 0 Å². The van der Waals surface area contributed by atoms with Crippen molar-refractivity contribution in [3.8, 4) is 0 Å². The zero-order valence-corrected chi connectivity index (χ0v) is 16.1. The molecular formula is C20H34ClN3. The molecule has 0 bridgehead atoms. The Morgan fingerprint density at radius 3 is 2.54 bits per heavy atom. The molecule has 0 radical (unpaired) electrons. The summed E-state index contributed by atoms with van der Waals surface area (Å²) < 4.78 is 0. The van der Waals surface area contributed by atoms with E-state index in [2.05, 4.69) is 59.3 Å². The number of nitrogens with zero attached hydrogens (tertiary/aromatic N) is 2. The molecule has 1 aromatic rings. The van der Waals surface area contributed by atoms with Gasteiger partial charge >= 0.3 is 0 Å². The highest BCUT2D eigenvalue weighted by atomic mass is 35.5. The van der Waals surface area contributed by atoms with E-state index in [1.807, 2.05) is 0 Å². The van der Waals surface area contributed by atoms with E-state index in [9.17, 15) is 0 Å². The maximum absolute atomic E-state index is 3.49. The van der Waals surface area contributed by atoms with E-state index in [4.69, 9.17) is 0 Å². The van der Waals surface area contributed by atoms with Crippen molar-refractivity contribution >= 4 is 12.4 Å². The lowest BCUT2D eigenvalue weighted by atomic mass is 9.97. The average molecular weight is 352 g/mol. The normalized spacial score (nSPS) is 24.0. The summed E-state index contributed by atoms with van der Waals surface area (Å²) >= 11 is 0. The van der Waals surface area contributed by atoms with E-state index in [1.165, 1.54) is 64.1 Å². The summed E-state index contributed by atoms with van der Waals surface area (Å²) in [5, 5.41) is 3.49. The standard InChI is InChI=1S/C20H33N3.ClH/c1-3-22(15-18-9-12-21-13-10-18)20-11-14-23(16-20)17(2)19-7-5-4-6-8-19;/h4-8,17-18,20-21H,3,9-16H2,1-2H3;1H. The van der Waals surface area contributed by atoms with Gasteiger partial charge in [0.15, 0.2) is 0 Å². The molecule has 1 aromatic carbocycles. The Morgan fingerprint density at radius 2 is 1.88 bits per heavy atom. The number of nitrogens with one attached hydrogen (secondary N) is 1. The summed E-state index contributed by atoms with van der Waals surface area (Å²) in [6, 6.07) is 12.3. The van der Waals surface area contributed by atoms with E-state index >= 15 is 0 Å². The Kier molecular flexibility index (Phi) is 8.02. The fraction of sp³-hybridized carbons (Fsp3) is 0.700. The van der Waals surface area contributed by atoms with Crippen LogP contribution in [0, 0.1) is 5.92 Å². The zero-order valence-electron chi connectivity index (χ0n) is 15.3. The second-order valence-corrected chi connectivity index (χ2v) is 7.31. The zero-order chi connectivity index (χ0) is 16.1. The minimum Gasteiger partial charge on any atom is -0.317 e. The van der Waals surface area contributed by atoms with Gasteiger partial charge < -0.3 is 5.32 Å². The van der Waals surface area contributed by atoms with Crippen molar-refractivity contribution in [3.05, 3.63) is 35.9 Å². The van der Waals surface area contributed by atoms with Crippen molar-refractivity contribution in [2.75, 3.05) is 39.3 Å². The molecule has 0 amide bonds. The lowest BCUT2D eigenvalue weighted by Crippen LogP contribution is -2.43. The van der Waals surface area contributed by atoms with E-state index in [1.54, 1.807) is 0 Å². The lowest BCUT2D eigenvalue weighted by Gasteiger charge is -2.34. The topological polar surface area (TPSA) is 18.5 Å². The van der Waals surface area contributed by atoms with Gasteiger partial charge in [0.05, 0.1) is 0 Å². The smallest absolute Gasteiger partial charge is 0.0320 e. The molecule has 0 aromatic heterocycles. The van der Waals surface area contributed by atoms with E-state index in [0.29, 0.717) is 6.04 Å². The molecule has 2 unspecified atom stereocenters. The first-order chi connectivity index (χ1) is 11.3. The molecule has 3 rings (SSSR count). The second-order valence-electron chi connectivity index (χ2n) is 7.31. The fourth-order valence-corrected chi connectivity index (χ4v) is 4.29. The van der Waals surface area contributed by atoms with Crippen molar-refractivity contribution in [1.82, 2.24) is 15.1 Å². The number of hydrogen-bond acceptors (Lipinski definition) is 3. The van der Waals surface area contributed by atoms with Gasteiger partial charge in [-0.15, -0.1) is 12.4 Å². The van der Waals surface area contributed by atoms with Crippen molar-refractivity contribution in [2.24, 2.45) is 5.92 Å². The molecule has 3 nitrogen and oxygen atoms in total. The number of hydrogen-bond donors (Lipinski definition) is 1. The Balaban J connectivity index is 0.00000208. The van der Waals surface area contributed by atoms with Crippen LogP contribution in [0.1, 0.15) is 44.7 Å². The van der Waals surface area contributed by atoms with Crippen LogP contribution in [0.2, 0.25) is 0 Å². The van der Waals surface area contributed by atoms with Gasteiger partial charge in [0.25, 0.3) is 0 Å². The van der Waals surface area contributed by atoms with Crippen LogP contribution in [-0.2, 0) is 0 Å². The summed E-state index contributed by atoms with van der Waals surface area (Å²) in [4.78, 5) is 5.43. The van der Waals surface area contributed by atoms with Crippen LogP contribution >= 0.6 is 12.4 Å². The molecule has 4 heteroatoms. The predicted molar refractivity (Wildman–Crippen MR) is 105 cm³/mol. The van der Waals surface area contributed by atoms with Crippen LogP contribution in [0.25, 0.3) is 0 Å². The molecular weight excluding hydrogens is 318 g/mol. The summed E-state index contributed by atoms with van der Waals surface area (Å²) in [6.45, 7) is 12.1. The molecule has 2 aliphatic rings. The first kappa shape index (κ1) is 19.7. The molecule has 2 heterocycles. The van der Waals surface area contributed by atoms with Crippen molar-refractivity contribution in [1.29, 1.82) is 0 Å². The maximum atomic E-state index is 3.49. The van der Waals surface area contributed by atoms with Crippen LogP contribution in [0.3, 0.4) is 0 Å². The number of rotatable bonds is 6. The lowest BCUT2D eigenvalue weighted by molar-refractivity contribution is 0.151. The Bertz CT molecular complexity index is 461. The maximum Gasteiger partial charge on any atom is 0.0320 e. The Morgan fingerprint density at radius 1 is 1.17 bits per heavy atom. The number of halogens is 1. The third-order valence-corrected chi connectivity index (χ3v) is 5.90. The van der Waals surface area contributed by atoms with E-state index in [0.717, 1.165) is 12.0 Å². The first-order valence-electron chi connectivity index (χ1n) is 9.51. The molecule has 136 valence electrons. The Labute approximate surface area is 154 Å². The molecule has 2 aliphatic heterocycles. The SMILES string of the molecule is CCN(CC1CCNCC1)C1CCN(C(C)c2ccccc2)C1.Cl. The van der Waals surface area contributed by atoms with Crippen molar-refractivity contribution in [3.63, 3.8) is 0 Å². The number of likely N-dealkylation sites (N-methyl/N-ethyl adjacent to an activating group) is 1. The summed E-state index contributed by atoms with van der Waals surface area (Å²) in [7, 11) is 0. The quantitative estimate of drug-likeness (QED) is 0.845. The van der Waals surface area contributed by atoms with Gasteiger partial charge in [-0.25, -0.2) is 0 Å². The van der Waals surface area contributed by atoms with Crippen molar-refractivity contribution < 1.29 is 0 Å². The molecule has 2 atom stereocenters. The van der Waals surface area contributed by atoms with Crippen LogP contribution < -0.4 is 5.32 Å². The molecule has 2 fully saturated rings. The molecule has 24 heavy (non-hydrogen) atoms. The van der Waals surface area contributed by atoms with Crippen LogP contribution in [0.4, 0.5) is 0 Å². The third-order valence-electron chi connectivity index (χ3n) is 5.90. The largest absolute Gasteiger partial charge is 0.317 e. The average Bonchev–Trinajstić information content (AvgIpc) is 3.10. The van der Waals surface area contributed by atoms with Crippen LogP contribution in [-0.4, -0.2) is 55.1 Å². The molecule has 0 spiro atoms. The highest BCUT2D eigenvalue weighted by Gasteiger charge is 2.31. The van der Waals surface area contributed by atoms with Crippen molar-refractivity contribution in [2.45, 2.75) is 45.2 Å². The van der Waals surface area contributed by atoms with E-state index in [-0.39, 0.29) is 12.4 Å². The molecule has 1 N–H and O–H groups in total. The number of benzene rings is 1. The fourth-order valence-electron chi connectivity index (χ4n) is 4.29. The molecule has 0 saturated carbocycles. The predicted octanol–water partition coefficient (Wildman–Crippen LogP) is 3.57. The first-order valence-corrected chi connectivity index (χ1v) is 9.51. The minimum atomic E-state index is 0. The second kappa shape index (κ2) is 9.76. The van der Waals surface area contributed by atoms with Gasteiger partial charge in [-0.05, 0) is 57.3 Å². The van der Waals surface area contributed by atoms with Crippen LogP contribution in [0.5, 0.6) is 0 Å². The summed E-state index contributed by atoms with van der Waals surface area (Å²) in [6.07, 6.45) is 4.04. The van der Waals surface area contributed by atoms with Gasteiger partial charge in [-0.1, -0.05) is 37.3 Å². The number of piperidine rings is 1. The van der Waals surface area contributed by atoms with Gasteiger partial charge in [0.1, 0.15) is 0 Å². The Hall–Kier alpha value is -0.610. The monoisotopic (exact) mass is 351 g/mol. The van der Waals surface area contributed by atoms with Gasteiger partial charge in [0.2, 0.25) is 0 Å². The summed E-state index contributed by atoms with van der Waals surface area (Å²) in [5.41, 5.74) is 1.45. The van der Waals surface area contributed by atoms with Gasteiger partial charge in [-0.2, -0.15) is 0 Å².